The Morgan fingerprint density at radius 2 is 1.96 bits per heavy atom. The number of benzene rings is 1. The number of aromatic nitrogens is 2. The van der Waals surface area contributed by atoms with Crippen LogP contribution < -0.4 is 5.56 Å². The summed E-state index contributed by atoms with van der Waals surface area (Å²) in [6.45, 7) is 6.23. The number of pyridine rings is 2. The first-order valence-corrected chi connectivity index (χ1v) is 10.1. The zero-order valence-electron chi connectivity index (χ0n) is 15.7. The third kappa shape index (κ3) is 2.92. The van der Waals surface area contributed by atoms with Crippen molar-refractivity contribution in [1.29, 1.82) is 0 Å². The summed E-state index contributed by atoms with van der Waals surface area (Å²) in [5.41, 5.74) is 4.05. The topological polar surface area (TPSA) is 66.0 Å². The number of hydrogen-bond donors (Lipinski definition) is 2. The van der Waals surface area contributed by atoms with E-state index >= 15 is 0 Å². The third-order valence-electron chi connectivity index (χ3n) is 5.23. The molecule has 3 heterocycles. The summed E-state index contributed by atoms with van der Waals surface area (Å²) in [7, 11) is 0. The number of thiophene rings is 1. The molecule has 3 aromatic heterocycles. The number of aromatic hydroxyl groups is 1. The SMILES string of the molecule is CCCC(C)c1ccc(-c2c(O)nc(C)c3[nH]c(=O)c4sccc4c23)cc1. The predicted molar refractivity (Wildman–Crippen MR) is 113 cm³/mol. The van der Waals surface area contributed by atoms with Gasteiger partial charge in [0.15, 0.2) is 0 Å². The van der Waals surface area contributed by atoms with Crippen LogP contribution >= 0.6 is 11.3 Å². The molecule has 0 fully saturated rings. The van der Waals surface area contributed by atoms with Crippen molar-refractivity contribution in [2.45, 2.75) is 39.5 Å². The van der Waals surface area contributed by atoms with Crippen molar-refractivity contribution in [3.8, 4) is 17.0 Å². The molecule has 0 spiro atoms. The first kappa shape index (κ1) is 17.7. The number of nitrogens with one attached hydrogen (secondary N) is 1. The number of aryl methyl sites for hydroxylation is 1. The Morgan fingerprint density at radius 3 is 2.67 bits per heavy atom. The predicted octanol–water partition coefficient (Wildman–Crippen LogP) is 5.72. The highest BCUT2D eigenvalue weighted by atomic mass is 32.1. The van der Waals surface area contributed by atoms with Crippen molar-refractivity contribution in [3.63, 3.8) is 0 Å². The van der Waals surface area contributed by atoms with Crippen LogP contribution in [0.5, 0.6) is 5.88 Å². The summed E-state index contributed by atoms with van der Waals surface area (Å²) in [4.78, 5) is 19.6. The summed E-state index contributed by atoms with van der Waals surface area (Å²) >= 11 is 1.41. The van der Waals surface area contributed by atoms with Crippen molar-refractivity contribution in [1.82, 2.24) is 9.97 Å². The summed E-state index contributed by atoms with van der Waals surface area (Å²) in [5, 5.41) is 14.3. The van der Waals surface area contributed by atoms with Gasteiger partial charge in [-0.05, 0) is 41.8 Å². The van der Waals surface area contributed by atoms with E-state index in [1.165, 1.54) is 16.9 Å². The first-order chi connectivity index (χ1) is 13.0. The highest BCUT2D eigenvalue weighted by Gasteiger charge is 2.18. The van der Waals surface area contributed by atoms with E-state index in [1.807, 2.05) is 23.6 Å². The number of nitrogens with zero attached hydrogens (tertiary/aromatic N) is 1. The standard InChI is InChI=1S/C22H22N2O2S/c1-4-5-12(2)14-6-8-15(9-7-14)17-18-16-10-11-27-20(16)22(26)24-19(18)13(3)23-21(17)25/h6-12H,4-5H2,1-3H3,(H,23,25)(H,24,26). The molecule has 0 saturated heterocycles. The summed E-state index contributed by atoms with van der Waals surface area (Å²) in [5.74, 6) is 0.499. The molecule has 4 nitrogen and oxygen atoms in total. The van der Waals surface area contributed by atoms with Crippen LogP contribution in [0.3, 0.4) is 0 Å². The molecule has 0 bridgehead atoms. The molecule has 138 valence electrons. The Balaban J connectivity index is 1.99. The minimum atomic E-state index is -0.113. The average Bonchev–Trinajstić information content (AvgIpc) is 3.14. The number of rotatable bonds is 4. The second kappa shape index (κ2) is 6.82. The molecular formula is C22H22N2O2S. The maximum atomic E-state index is 12.4. The van der Waals surface area contributed by atoms with Crippen LogP contribution in [0.25, 0.3) is 32.1 Å². The fraction of sp³-hybridized carbons (Fsp3) is 0.273. The van der Waals surface area contributed by atoms with E-state index in [0.29, 0.717) is 27.4 Å². The van der Waals surface area contributed by atoms with Gasteiger partial charge >= 0.3 is 0 Å². The van der Waals surface area contributed by atoms with E-state index in [-0.39, 0.29) is 11.4 Å². The maximum absolute atomic E-state index is 12.4. The minimum absolute atomic E-state index is 0.00564. The molecule has 1 unspecified atom stereocenters. The van der Waals surface area contributed by atoms with Crippen LogP contribution in [0.15, 0.2) is 40.5 Å². The minimum Gasteiger partial charge on any atom is -0.493 e. The van der Waals surface area contributed by atoms with Crippen LogP contribution in [0.1, 0.15) is 43.9 Å². The molecule has 5 heteroatoms. The van der Waals surface area contributed by atoms with Gasteiger partial charge < -0.3 is 10.1 Å². The van der Waals surface area contributed by atoms with E-state index in [2.05, 4.69) is 35.9 Å². The van der Waals surface area contributed by atoms with Crippen molar-refractivity contribution >= 4 is 32.3 Å². The van der Waals surface area contributed by atoms with Crippen LogP contribution in [0.2, 0.25) is 0 Å². The summed E-state index contributed by atoms with van der Waals surface area (Å²) in [6, 6.07) is 10.3. The smallest absolute Gasteiger partial charge is 0.266 e. The molecule has 0 saturated carbocycles. The van der Waals surface area contributed by atoms with Crippen LogP contribution in [0.4, 0.5) is 0 Å². The van der Waals surface area contributed by atoms with Gasteiger partial charge in [-0.15, -0.1) is 11.3 Å². The lowest BCUT2D eigenvalue weighted by Gasteiger charge is -2.14. The zero-order chi connectivity index (χ0) is 19.1. The Morgan fingerprint density at radius 1 is 1.22 bits per heavy atom. The molecule has 0 aliphatic carbocycles. The molecule has 2 N–H and O–H groups in total. The van der Waals surface area contributed by atoms with Crippen molar-refractivity contribution in [2.75, 3.05) is 0 Å². The molecule has 1 aromatic carbocycles. The fourth-order valence-corrected chi connectivity index (χ4v) is 4.61. The molecule has 4 rings (SSSR count). The number of hydrogen-bond acceptors (Lipinski definition) is 4. The molecule has 0 radical (unpaired) electrons. The van der Waals surface area contributed by atoms with Gasteiger partial charge in [0.1, 0.15) is 4.70 Å². The molecule has 1 atom stereocenters. The number of fused-ring (bicyclic) bond motifs is 3. The molecule has 0 aliphatic rings. The maximum Gasteiger partial charge on any atom is 0.266 e. The Kier molecular flexibility index (Phi) is 4.48. The van der Waals surface area contributed by atoms with E-state index in [0.717, 1.165) is 29.2 Å². The lowest BCUT2D eigenvalue weighted by Crippen LogP contribution is -2.06. The summed E-state index contributed by atoms with van der Waals surface area (Å²) < 4.78 is 0.668. The van der Waals surface area contributed by atoms with Gasteiger partial charge in [-0.1, -0.05) is 44.5 Å². The second-order valence-electron chi connectivity index (χ2n) is 7.08. The highest BCUT2D eigenvalue weighted by molar-refractivity contribution is 7.17. The van der Waals surface area contributed by atoms with Crippen LogP contribution in [0, 0.1) is 6.92 Å². The molecule has 0 amide bonds. The first-order valence-electron chi connectivity index (χ1n) is 9.24. The molecule has 0 aliphatic heterocycles. The quantitative estimate of drug-likeness (QED) is 0.477. The van der Waals surface area contributed by atoms with Crippen molar-refractivity contribution < 1.29 is 5.11 Å². The average molecular weight is 378 g/mol. The van der Waals surface area contributed by atoms with Gasteiger partial charge in [-0.25, -0.2) is 4.98 Å². The van der Waals surface area contributed by atoms with Crippen LogP contribution in [-0.4, -0.2) is 15.1 Å². The van der Waals surface area contributed by atoms with Crippen molar-refractivity contribution in [2.24, 2.45) is 0 Å². The van der Waals surface area contributed by atoms with E-state index in [4.69, 9.17) is 0 Å². The third-order valence-corrected chi connectivity index (χ3v) is 6.14. The number of aromatic amines is 1. The molecule has 4 aromatic rings. The molecule has 27 heavy (non-hydrogen) atoms. The summed E-state index contributed by atoms with van der Waals surface area (Å²) in [6.07, 6.45) is 2.30. The van der Waals surface area contributed by atoms with E-state index in [1.54, 1.807) is 6.92 Å². The lowest BCUT2D eigenvalue weighted by molar-refractivity contribution is 0.455. The van der Waals surface area contributed by atoms with Gasteiger partial charge in [0.2, 0.25) is 5.88 Å². The second-order valence-corrected chi connectivity index (χ2v) is 7.99. The zero-order valence-corrected chi connectivity index (χ0v) is 16.5. The van der Waals surface area contributed by atoms with Gasteiger partial charge in [0.05, 0.1) is 16.8 Å². The van der Waals surface area contributed by atoms with Gasteiger partial charge in [-0.2, -0.15) is 0 Å². The Labute approximate surface area is 161 Å². The van der Waals surface area contributed by atoms with Gasteiger partial charge in [0, 0.05) is 10.8 Å². The molecular weight excluding hydrogens is 356 g/mol. The Hall–Kier alpha value is -2.66. The monoisotopic (exact) mass is 378 g/mol. The van der Waals surface area contributed by atoms with E-state index in [9.17, 15) is 9.90 Å². The number of H-pyrrole nitrogens is 1. The van der Waals surface area contributed by atoms with Gasteiger partial charge in [-0.3, -0.25) is 4.79 Å². The lowest BCUT2D eigenvalue weighted by atomic mass is 9.93. The largest absolute Gasteiger partial charge is 0.493 e. The van der Waals surface area contributed by atoms with Crippen LogP contribution in [-0.2, 0) is 0 Å². The van der Waals surface area contributed by atoms with E-state index < -0.39 is 0 Å². The van der Waals surface area contributed by atoms with Gasteiger partial charge in [0.25, 0.3) is 5.56 Å². The normalized spacial score (nSPS) is 12.7. The van der Waals surface area contributed by atoms with Crippen molar-refractivity contribution in [3.05, 3.63) is 57.3 Å². The highest BCUT2D eigenvalue weighted by Crippen LogP contribution is 2.39. The Bertz CT molecular complexity index is 1190. The fourth-order valence-electron chi connectivity index (χ4n) is 3.81.